The summed E-state index contributed by atoms with van der Waals surface area (Å²) in [5, 5.41) is 0. The molecule has 0 saturated heterocycles. The molecule has 0 bridgehead atoms. The predicted octanol–water partition coefficient (Wildman–Crippen LogP) is 7.28. The number of benzene rings is 3. The maximum atomic E-state index is 12.0. The fourth-order valence-electron chi connectivity index (χ4n) is 4.92. The van der Waals surface area contributed by atoms with Crippen LogP contribution >= 0.6 is 0 Å². The number of anilines is 1. The minimum absolute atomic E-state index is 0.0416. The Labute approximate surface area is 216 Å². The zero-order valence-electron chi connectivity index (χ0n) is 21.9. The van der Waals surface area contributed by atoms with Crippen molar-refractivity contribution in [3.8, 4) is 0 Å². The number of nitrogens with zero attached hydrogens (tertiary/aromatic N) is 1. The van der Waals surface area contributed by atoms with Gasteiger partial charge in [-0.25, -0.2) is 4.79 Å². The van der Waals surface area contributed by atoms with E-state index in [1.54, 1.807) is 0 Å². The van der Waals surface area contributed by atoms with Crippen LogP contribution in [0.15, 0.2) is 84.9 Å². The molecule has 4 nitrogen and oxygen atoms in total. The van der Waals surface area contributed by atoms with Crippen LogP contribution < -0.4 is 4.90 Å². The molecule has 0 aliphatic heterocycles. The predicted molar refractivity (Wildman–Crippen MR) is 146 cm³/mol. The quantitative estimate of drug-likeness (QED) is 0.299. The SMILES string of the molecule is CC(C)(C)OC(=O)CO[C@H]1CC[C@H](c2ccc(N(Cc3ccccc3)Cc3ccccc3)cc2)CC1. The van der Waals surface area contributed by atoms with Crippen LogP contribution in [0.25, 0.3) is 0 Å². The van der Waals surface area contributed by atoms with Crippen LogP contribution in [0.4, 0.5) is 5.69 Å². The Hall–Kier alpha value is -3.11. The number of ether oxygens (including phenoxy) is 2. The van der Waals surface area contributed by atoms with Crippen molar-refractivity contribution in [2.75, 3.05) is 11.5 Å². The molecule has 0 N–H and O–H groups in total. The Balaban J connectivity index is 1.34. The third kappa shape index (κ3) is 7.96. The minimum atomic E-state index is -0.470. The van der Waals surface area contributed by atoms with E-state index in [4.69, 9.17) is 9.47 Å². The van der Waals surface area contributed by atoms with Crippen LogP contribution in [-0.4, -0.2) is 24.3 Å². The first kappa shape index (κ1) is 26.0. The second-order valence-corrected chi connectivity index (χ2v) is 10.8. The zero-order chi connectivity index (χ0) is 25.4. The lowest BCUT2D eigenvalue weighted by Gasteiger charge is -2.30. The summed E-state index contributed by atoms with van der Waals surface area (Å²) in [7, 11) is 0. The molecule has 1 fully saturated rings. The number of hydrogen-bond donors (Lipinski definition) is 0. The molecule has 0 radical (unpaired) electrons. The van der Waals surface area contributed by atoms with Crippen molar-refractivity contribution in [3.05, 3.63) is 102 Å². The van der Waals surface area contributed by atoms with Crippen LogP contribution in [0.3, 0.4) is 0 Å². The minimum Gasteiger partial charge on any atom is -0.458 e. The Morgan fingerprint density at radius 2 is 1.31 bits per heavy atom. The molecule has 0 atom stereocenters. The summed E-state index contributed by atoms with van der Waals surface area (Å²) in [6.45, 7) is 7.42. The van der Waals surface area contributed by atoms with Crippen LogP contribution in [0.2, 0.25) is 0 Å². The van der Waals surface area contributed by atoms with Crippen molar-refractivity contribution in [3.63, 3.8) is 0 Å². The topological polar surface area (TPSA) is 38.8 Å². The number of esters is 1. The molecule has 3 aromatic rings. The zero-order valence-corrected chi connectivity index (χ0v) is 21.9. The average molecular weight is 486 g/mol. The fourth-order valence-corrected chi connectivity index (χ4v) is 4.92. The molecule has 1 saturated carbocycles. The maximum absolute atomic E-state index is 12.0. The van der Waals surface area contributed by atoms with E-state index in [9.17, 15) is 4.79 Å². The summed E-state index contributed by atoms with van der Waals surface area (Å²) < 4.78 is 11.2. The second-order valence-electron chi connectivity index (χ2n) is 10.8. The van der Waals surface area contributed by atoms with Gasteiger partial charge in [-0.15, -0.1) is 0 Å². The van der Waals surface area contributed by atoms with Gasteiger partial charge >= 0.3 is 5.97 Å². The number of carbonyl (C=O) groups is 1. The van der Waals surface area contributed by atoms with Gasteiger partial charge in [0.25, 0.3) is 0 Å². The van der Waals surface area contributed by atoms with E-state index in [0.29, 0.717) is 5.92 Å². The molecule has 3 aromatic carbocycles. The molecule has 0 amide bonds. The molecule has 0 heterocycles. The third-order valence-electron chi connectivity index (χ3n) is 6.69. The molecular weight excluding hydrogens is 446 g/mol. The highest BCUT2D eigenvalue weighted by atomic mass is 16.6. The van der Waals surface area contributed by atoms with Crippen molar-refractivity contribution in [2.45, 2.75) is 77.2 Å². The highest BCUT2D eigenvalue weighted by Gasteiger charge is 2.25. The van der Waals surface area contributed by atoms with Gasteiger partial charge in [-0.2, -0.15) is 0 Å². The number of rotatable bonds is 9. The number of hydrogen-bond acceptors (Lipinski definition) is 4. The first-order valence-corrected chi connectivity index (χ1v) is 13.1. The Bertz CT molecular complexity index is 1020. The molecule has 0 spiro atoms. The largest absolute Gasteiger partial charge is 0.458 e. The van der Waals surface area contributed by atoms with Crippen LogP contribution in [0, 0.1) is 0 Å². The normalized spacial score (nSPS) is 18.0. The molecule has 0 aromatic heterocycles. The van der Waals surface area contributed by atoms with Gasteiger partial charge < -0.3 is 14.4 Å². The first-order chi connectivity index (χ1) is 17.4. The summed E-state index contributed by atoms with van der Waals surface area (Å²) >= 11 is 0. The van der Waals surface area contributed by atoms with Crippen molar-refractivity contribution < 1.29 is 14.3 Å². The molecule has 36 heavy (non-hydrogen) atoms. The first-order valence-electron chi connectivity index (χ1n) is 13.1. The Morgan fingerprint density at radius 1 is 0.778 bits per heavy atom. The van der Waals surface area contributed by atoms with Gasteiger partial charge in [0.1, 0.15) is 12.2 Å². The summed E-state index contributed by atoms with van der Waals surface area (Å²) in [5.74, 6) is 0.257. The van der Waals surface area contributed by atoms with Crippen LogP contribution in [-0.2, 0) is 27.4 Å². The van der Waals surface area contributed by atoms with E-state index < -0.39 is 5.60 Å². The lowest BCUT2D eigenvalue weighted by molar-refractivity contribution is -0.162. The van der Waals surface area contributed by atoms with Gasteiger partial charge in [0.05, 0.1) is 6.10 Å². The molecule has 1 aliphatic carbocycles. The van der Waals surface area contributed by atoms with E-state index >= 15 is 0 Å². The molecule has 190 valence electrons. The van der Waals surface area contributed by atoms with Gasteiger partial charge in [0.15, 0.2) is 0 Å². The molecule has 0 unspecified atom stereocenters. The summed E-state index contributed by atoms with van der Waals surface area (Å²) in [6.07, 6.45) is 4.25. The van der Waals surface area contributed by atoms with Crippen molar-refractivity contribution in [2.24, 2.45) is 0 Å². The maximum Gasteiger partial charge on any atom is 0.332 e. The number of carbonyl (C=O) groups excluding carboxylic acids is 1. The van der Waals surface area contributed by atoms with Gasteiger partial charge in [-0.3, -0.25) is 0 Å². The van der Waals surface area contributed by atoms with Crippen molar-refractivity contribution in [1.82, 2.24) is 0 Å². The Morgan fingerprint density at radius 3 is 1.81 bits per heavy atom. The lowest BCUT2D eigenvalue weighted by atomic mass is 9.82. The monoisotopic (exact) mass is 485 g/mol. The van der Waals surface area contributed by atoms with Gasteiger partial charge in [0.2, 0.25) is 0 Å². The van der Waals surface area contributed by atoms with E-state index in [-0.39, 0.29) is 18.7 Å². The Kier molecular flexibility index (Phi) is 8.82. The summed E-state index contributed by atoms with van der Waals surface area (Å²) in [5.41, 5.74) is 4.77. The van der Waals surface area contributed by atoms with Gasteiger partial charge in [-0.05, 0) is 81.2 Å². The van der Waals surface area contributed by atoms with Crippen LogP contribution in [0.1, 0.15) is 69.1 Å². The molecule has 1 aliphatic rings. The average Bonchev–Trinajstić information content (AvgIpc) is 2.88. The van der Waals surface area contributed by atoms with E-state index in [1.807, 2.05) is 20.8 Å². The highest BCUT2D eigenvalue weighted by Crippen LogP contribution is 2.35. The smallest absolute Gasteiger partial charge is 0.332 e. The highest BCUT2D eigenvalue weighted by molar-refractivity contribution is 5.71. The standard InChI is InChI=1S/C32H39NO3/c1-32(2,3)36-31(34)24-35-30-20-16-28(17-21-30)27-14-18-29(19-15-27)33(22-25-10-6-4-7-11-25)23-26-12-8-5-9-13-26/h4-15,18-19,28,30H,16-17,20-24H2,1-3H3/t28-,30-. The molecule has 4 heteroatoms. The third-order valence-corrected chi connectivity index (χ3v) is 6.69. The van der Waals surface area contributed by atoms with E-state index in [0.717, 1.165) is 38.8 Å². The van der Waals surface area contributed by atoms with Crippen LogP contribution in [0.5, 0.6) is 0 Å². The lowest BCUT2D eigenvalue weighted by Crippen LogP contribution is -2.29. The van der Waals surface area contributed by atoms with Gasteiger partial charge in [0, 0.05) is 18.8 Å². The van der Waals surface area contributed by atoms with Gasteiger partial charge in [-0.1, -0.05) is 72.8 Å². The van der Waals surface area contributed by atoms with E-state index in [1.165, 1.54) is 22.4 Å². The second kappa shape index (κ2) is 12.2. The molecule has 4 rings (SSSR count). The van der Waals surface area contributed by atoms with E-state index in [2.05, 4.69) is 89.8 Å². The summed E-state index contributed by atoms with van der Waals surface area (Å²) in [6, 6.07) is 30.4. The summed E-state index contributed by atoms with van der Waals surface area (Å²) in [4.78, 5) is 14.4. The fraction of sp³-hybridized carbons (Fsp3) is 0.406. The van der Waals surface area contributed by atoms with Crippen molar-refractivity contribution >= 4 is 11.7 Å². The van der Waals surface area contributed by atoms with Crippen molar-refractivity contribution in [1.29, 1.82) is 0 Å². The molecular formula is C32H39NO3.